The maximum absolute atomic E-state index is 10.8. The molecule has 12 heavy (non-hydrogen) atoms. The van der Waals surface area contributed by atoms with E-state index >= 15 is 0 Å². The molecule has 0 saturated carbocycles. The summed E-state index contributed by atoms with van der Waals surface area (Å²) in [4.78, 5) is 18.3. The lowest BCUT2D eigenvalue weighted by molar-refractivity contribution is 0.0996. The second-order valence-electron chi connectivity index (χ2n) is 2.02. The largest absolute Gasteiger partial charge is 0.368 e. The molecule has 0 aromatic carbocycles. The third-order valence-electron chi connectivity index (χ3n) is 1.23. The van der Waals surface area contributed by atoms with Crippen molar-refractivity contribution < 1.29 is 4.79 Å². The minimum absolute atomic E-state index is 0.143. The Labute approximate surface area is 73.6 Å². The monoisotopic (exact) mass is 184 g/mol. The van der Waals surface area contributed by atoms with E-state index in [1.54, 1.807) is 6.26 Å². The van der Waals surface area contributed by atoms with Crippen molar-refractivity contribution in [1.82, 2.24) is 9.97 Å². The van der Waals surface area contributed by atoms with Crippen LogP contribution in [0.2, 0.25) is 0 Å². The first-order valence-electron chi connectivity index (χ1n) is 3.11. The molecule has 0 aliphatic carbocycles. The summed E-state index contributed by atoms with van der Waals surface area (Å²) in [5, 5.41) is 0.509. The van der Waals surface area contributed by atoms with E-state index < -0.39 is 5.91 Å². The van der Waals surface area contributed by atoms with Gasteiger partial charge in [0.2, 0.25) is 5.95 Å². The highest BCUT2D eigenvalue weighted by Crippen LogP contribution is 2.16. The molecule has 1 rings (SSSR count). The summed E-state index contributed by atoms with van der Waals surface area (Å²) < 4.78 is 0. The van der Waals surface area contributed by atoms with Crippen LogP contribution in [0.15, 0.2) is 11.2 Å². The van der Waals surface area contributed by atoms with Gasteiger partial charge >= 0.3 is 0 Å². The van der Waals surface area contributed by atoms with Crippen molar-refractivity contribution in [1.29, 1.82) is 0 Å². The molecule has 0 aliphatic heterocycles. The summed E-state index contributed by atoms with van der Waals surface area (Å²) in [5.41, 5.74) is 10.7. The number of rotatable bonds is 2. The molecule has 1 aromatic rings. The second kappa shape index (κ2) is 3.40. The van der Waals surface area contributed by atoms with Crippen LogP contribution >= 0.6 is 11.8 Å². The predicted octanol–water partition coefficient (Wildman–Crippen LogP) is -0.120. The van der Waals surface area contributed by atoms with Crippen LogP contribution in [0.3, 0.4) is 0 Å². The third kappa shape index (κ3) is 1.65. The summed E-state index contributed by atoms with van der Waals surface area (Å²) in [6.07, 6.45) is 3.12. The van der Waals surface area contributed by atoms with Crippen molar-refractivity contribution in [2.75, 3.05) is 12.0 Å². The zero-order valence-corrected chi connectivity index (χ0v) is 7.26. The molecule has 0 atom stereocenters. The smallest absolute Gasteiger partial charge is 0.253 e. The van der Waals surface area contributed by atoms with Gasteiger partial charge in [0.05, 0.1) is 5.56 Å². The molecule has 5 nitrogen and oxygen atoms in total. The molecule has 1 heterocycles. The normalized spacial score (nSPS) is 9.75. The van der Waals surface area contributed by atoms with Crippen LogP contribution in [0, 0.1) is 0 Å². The first-order chi connectivity index (χ1) is 5.65. The topological polar surface area (TPSA) is 94.9 Å². The molecule has 0 bridgehead atoms. The zero-order valence-electron chi connectivity index (χ0n) is 6.44. The number of hydrogen-bond donors (Lipinski definition) is 2. The van der Waals surface area contributed by atoms with Crippen LogP contribution in [-0.2, 0) is 0 Å². The second-order valence-corrected chi connectivity index (χ2v) is 2.81. The fraction of sp³-hybridized carbons (Fsp3) is 0.167. The summed E-state index contributed by atoms with van der Waals surface area (Å²) in [5.74, 6) is -0.399. The van der Waals surface area contributed by atoms with Crippen molar-refractivity contribution in [2.45, 2.75) is 5.03 Å². The number of anilines is 1. The van der Waals surface area contributed by atoms with Crippen molar-refractivity contribution in [3.05, 3.63) is 11.8 Å². The Morgan fingerprint density at radius 2 is 2.33 bits per heavy atom. The average Bonchev–Trinajstić information content (AvgIpc) is 2.03. The molecular formula is C6H8N4OS. The predicted molar refractivity (Wildman–Crippen MR) is 46.7 cm³/mol. The van der Waals surface area contributed by atoms with Crippen LogP contribution in [-0.4, -0.2) is 22.1 Å². The number of nitrogens with zero attached hydrogens (tertiary/aromatic N) is 2. The number of amides is 1. The Bertz CT molecular complexity index is 314. The van der Waals surface area contributed by atoms with Gasteiger partial charge in [-0.1, -0.05) is 0 Å². The van der Waals surface area contributed by atoms with Gasteiger partial charge < -0.3 is 11.5 Å². The number of nitrogens with two attached hydrogens (primary N) is 2. The number of thioether (sulfide) groups is 1. The van der Waals surface area contributed by atoms with Crippen LogP contribution in [0.25, 0.3) is 0 Å². The van der Waals surface area contributed by atoms with Gasteiger partial charge in [0.25, 0.3) is 5.91 Å². The molecule has 0 aliphatic rings. The van der Waals surface area contributed by atoms with E-state index in [9.17, 15) is 4.79 Å². The minimum atomic E-state index is -0.542. The molecule has 64 valence electrons. The summed E-state index contributed by atoms with van der Waals surface area (Å²) in [6.45, 7) is 0. The number of carbonyl (C=O) groups excluding carboxylic acids is 1. The van der Waals surface area contributed by atoms with E-state index in [-0.39, 0.29) is 5.95 Å². The van der Waals surface area contributed by atoms with Crippen molar-refractivity contribution in [3.63, 3.8) is 0 Å². The summed E-state index contributed by atoms with van der Waals surface area (Å²) >= 11 is 1.31. The Balaban J connectivity index is 3.20. The molecule has 1 aromatic heterocycles. The molecule has 0 spiro atoms. The number of aromatic nitrogens is 2. The summed E-state index contributed by atoms with van der Waals surface area (Å²) in [6, 6.07) is 0. The molecule has 0 saturated heterocycles. The van der Waals surface area contributed by atoms with Gasteiger partial charge in [0.1, 0.15) is 5.03 Å². The Morgan fingerprint density at radius 1 is 1.67 bits per heavy atom. The molecule has 0 unspecified atom stereocenters. The Kier molecular flexibility index (Phi) is 2.49. The SMILES string of the molecule is CSc1nc(N)ncc1C(N)=O. The highest BCUT2D eigenvalue weighted by molar-refractivity contribution is 7.98. The van der Waals surface area contributed by atoms with Crippen molar-refractivity contribution in [2.24, 2.45) is 5.73 Å². The lowest BCUT2D eigenvalue weighted by atomic mass is 10.3. The lowest BCUT2D eigenvalue weighted by Crippen LogP contribution is -2.14. The van der Waals surface area contributed by atoms with Gasteiger partial charge in [-0.3, -0.25) is 4.79 Å². The fourth-order valence-electron chi connectivity index (χ4n) is 0.704. The van der Waals surface area contributed by atoms with E-state index in [0.29, 0.717) is 10.6 Å². The molecule has 0 radical (unpaired) electrons. The number of nitrogen functional groups attached to an aromatic ring is 1. The first-order valence-corrected chi connectivity index (χ1v) is 4.34. The van der Waals surface area contributed by atoms with Crippen LogP contribution in [0.1, 0.15) is 10.4 Å². The molecule has 4 N–H and O–H groups in total. The maximum atomic E-state index is 10.8. The van der Waals surface area contributed by atoms with Gasteiger partial charge in [-0.25, -0.2) is 9.97 Å². The first kappa shape index (κ1) is 8.79. The molecule has 6 heteroatoms. The van der Waals surface area contributed by atoms with Crippen molar-refractivity contribution >= 4 is 23.6 Å². The van der Waals surface area contributed by atoms with Gasteiger partial charge in [-0.05, 0) is 6.26 Å². The molecular weight excluding hydrogens is 176 g/mol. The Morgan fingerprint density at radius 3 is 2.83 bits per heavy atom. The standard InChI is InChI=1S/C6H8N4OS/c1-12-5-3(4(7)11)2-9-6(8)10-5/h2H,1H3,(H2,7,11)(H2,8,9,10). The minimum Gasteiger partial charge on any atom is -0.368 e. The van der Waals surface area contributed by atoms with Crippen LogP contribution < -0.4 is 11.5 Å². The van der Waals surface area contributed by atoms with E-state index in [2.05, 4.69) is 9.97 Å². The quantitative estimate of drug-likeness (QED) is 0.493. The fourth-order valence-corrected chi connectivity index (χ4v) is 1.26. The highest BCUT2D eigenvalue weighted by Gasteiger charge is 2.09. The molecule has 1 amide bonds. The summed E-state index contributed by atoms with van der Waals surface area (Å²) in [7, 11) is 0. The lowest BCUT2D eigenvalue weighted by Gasteiger charge is -2.01. The van der Waals surface area contributed by atoms with Gasteiger partial charge in [0.15, 0.2) is 0 Å². The van der Waals surface area contributed by atoms with E-state index in [1.807, 2.05) is 0 Å². The van der Waals surface area contributed by atoms with E-state index in [1.165, 1.54) is 18.0 Å². The molecule has 0 fully saturated rings. The van der Waals surface area contributed by atoms with Gasteiger partial charge in [0, 0.05) is 6.20 Å². The van der Waals surface area contributed by atoms with E-state index in [4.69, 9.17) is 11.5 Å². The number of carbonyl (C=O) groups is 1. The zero-order chi connectivity index (χ0) is 9.14. The van der Waals surface area contributed by atoms with Crippen LogP contribution in [0.5, 0.6) is 0 Å². The Hall–Kier alpha value is -1.30. The van der Waals surface area contributed by atoms with Gasteiger partial charge in [-0.2, -0.15) is 0 Å². The number of hydrogen-bond acceptors (Lipinski definition) is 5. The van der Waals surface area contributed by atoms with E-state index in [0.717, 1.165) is 0 Å². The van der Waals surface area contributed by atoms with Crippen molar-refractivity contribution in [3.8, 4) is 0 Å². The van der Waals surface area contributed by atoms with Crippen LogP contribution in [0.4, 0.5) is 5.95 Å². The number of primary amides is 1. The van der Waals surface area contributed by atoms with Gasteiger partial charge in [-0.15, -0.1) is 11.8 Å². The highest BCUT2D eigenvalue weighted by atomic mass is 32.2. The maximum Gasteiger partial charge on any atom is 0.253 e. The third-order valence-corrected chi connectivity index (χ3v) is 1.93. The average molecular weight is 184 g/mol.